The van der Waals surface area contributed by atoms with Crippen LogP contribution >= 0.6 is 0 Å². The Balaban J connectivity index is 4.81. The summed E-state index contributed by atoms with van der Waals surface area (Å²) in [5.74, 6) is 0. The van der Waals surface area contributed by atoms with Gasteiger partial charge in [-0.2, -0.15) is 0 Å². The molecule has 0 aliphatic heterocycles. The fraction of sp³-hybridized carbons (Fsp3) is 0. The maximum absolute atomic E-state index is 10.6. The second kappa shape index (κ2) is 5.18. The lowest BCUT2D eigenvalue weighted by atomic mass is 11.2. The van der Waals surface area contributed by atoms with Gasteiger partial charge >= 0.3 is 26.9 Å². The first-order chi connectivity index (χ1) is 6.81. The van der Waals surface area contributed by atoms with Crippen molar-refractivity contribution < 1.29 is 18.5 Å². The van der Waals surface area contributed by atoms with E-state index in [1.54, 1.807) is 0 Å². The molecule has 0 aromatic rings. The number of nitrogens with one attached hydrogen (secondary N) is 3. The fourth-order valence-electron chi connectivity index (χ4n) is 0.767. The van der Waals surface area contributed by atoms with Crippen LogP contribution in [0.15, 0.2) is 0 Å². The van der Waals surface area contributed by atoms with Gasteiger partial charge in [0.05, 0.1) is 0 Å². The fourth-order valence-corrected chi connectivity index (χ4v) is 3.22. The molecule has 86 valence electrons. The van der Waals surface area contributed by atoms with Crippen molar-refractivity contribution in [1.29, 1.82) is 0 Å². The van der Waals surface area contributed by atoms with Crippen LogP contribution in [0.3, 0.4) is 0 Å². The van der Waals surface area contributed by atoms with Gasteiger partial charge in [-0.1, -0.05) is 0 Å². The summed E-state index contributed by atoms with van der Waals surface area (Å²) in [7, 11) is -3.46. The molecule has 0 heterocycles. The van der Waals surface area contributed by atoms with Crippen molar-refractivity contribution in [2.75, 3.05) is 0 Å². The quantitative estimate of drug-likeness (QED) is 0.278. The van der Waals surface area contributed by atoms with E-state index in [1.807, 2.05) is 0 Å². The van der Waals surface area contributed by atoms with Crippen LogP contribution in [0.1, 0.15) is 0 Å². The normalized spacial score (nSPS) is 10.4. The van der Waals surface area contributed by atoms with Gasteiger partial charge in [0.2, 0.25) is 0 Å². The van der Waals surface area contributed by atoms with Gasteiger partial charge in [0, 0.05) is 0 Å². The van der Waals surface area contributed by atoms with Crippen LogP contribution in [0.2, 0.25) is 0 Å². The summed E-state index contributed by atoms with van der Waals surface area (Å²) in [5.41, 5.74) is 14.5. The third-order valence-electron chi connectivity index (χ3n) is 1.20. The molecule has 0 fully saturated rings. The molecule has 0 bridgehead atoms. The highest BCUT2D eigenvalue weighted by atomic mass is 28.4. The van der Waals surface area contributed by atoms with Crippen molar-refractivity contribution >= 4 is 37.4 Å². The van der Waals surface area contributed by atoms with Crippen molar-refractivity contribution in [2.24, 2.45) is 17.2 Å². The van der Waals surface area contributed by atoms with Gasteiger partial charge in [0.15, 0.2) is 0 Å². The van der Waals surface area contributed by atoms with Crippen LogP contribution in [0.4, 0.5) is 14.4 Å². The van der Waals surface area contributed by atoms with Crippen molar-refractivity contribution in [3.8, 4) is 0 Å². The Kier molecular flexibility index (Phi) is 4.56. The summed E-state index contributed by atoms with van der Waals surface area (Å²) in [4.78, 5) is 38.1. The van der Waals surface area contributed by atoms with Crippen LogP contribution in [-0.4, -0.2) is 37.4 Å². The minimum absolute atomic E-state index is 0.113. The van der Waals surface area contributed by atoms with Gasteiger partial charge in [-0.3, -0.25) is 0 Å². The van der Waals surface area contributed by atoms with Gasteiger partial charge < -0.3 is 36.3 Å². The van der Waals surface area contributed by atoms with Crippen LogP contribution < -0.4 is 32.1 Å². The second-order valence-electron chi connectivity index (χ2n) is 2.35. The molecule has 6 amide bonds. The minimum atomic E-state index is -3.57. The molecule has 0 rings (SSSR count). The van der Waals surface area contributed by atoms with Crippen LogP contribution in [-0.2, 0) is 4.12 Å². The van der Waals surface area contributed by atoms with Gasteiger partial charge in [-0.15, -0.1) is 0 Å². The Labute approximate surface area is 88.8 Å². The average Bonchev–Trinajstić information content (AvgIpc) is 1.99. The Bertz CT molecular complexity index is 243. The number of primary amides is 3. The van der Waals surface area contributed by atoms with E-state index in [1.165, 1.54) is 0 Å². The summed E-state index contributed by atoms with van der Waals surface area (Å²) in [6, 6.07) is -2.96. The summed E-state index contributed by atoms with van der Waals surface area (Å²) < 4.78 is 4.91. The second-order valence-corrected chi connectivity index (χ2v) is 6.10. The van der Waals surface area contributed by atoms with E-state index in [9.17, 15) is 14.4 Å². The predicted octanol–water partition coefficient (Wildman–Crippen LogP) is -4.28. The first-order valence-corrected chi connectivity index (χ1v) is 6.32. The van der Waals surface area contributed by atoms with Crippen molar-refractivity contribution in [2.45, 2.75) is 0 Å². The molecule has 0 spiro atoms. The molecular weight excluding hydrogens is 240 g/mol. The lowest BCUT2D eigenvalue weighted by Gasteiger charge is -2.27. The average molecular weight is 252 g/mol. The zero-order valence-electron chi connectivity index (χ0n) is 7.87. The number of carbonyl (C=O) groups excluding carboxylic acids is 3. The van der Waals surface area contributed by atoms with E-state index in [0.29, 0.717) is 0 Å². The summed E-state index contributed by atoms with van der Waals surface area (Å²) >= 11 is 0. The topological polar surface area (TPSA) is 175 Å². The summed E-state index contributed by atoms with van der Waals surface area (Å²) in [6.07, 6.45) is 0. The number of nitrogens with two attached hydrogens (primary N) is 3. The smallest absolute Gasteiger partial charge is 0.418 e. The molecule has 0 aromatic heterocycles. The van der Waals surface area contributed by atoms with Crippen molar-refractivity contribution in [1.82, 2.24) is 14.9 Å². The zero-order valence-corrected chi connectivity index (χ0v) is 10.9. The number of hydrogen-bond donors (Lipinski definition) is 6. The van der Waals surface area contributed by atoms with Gasteiger partial charge in [-0.25, -0.2) is 14.4 Å². The standard InChI is InChI=1S/C3H12N6O4Si2/c4-1(10)7-15(13-14,8-2(5)11)9-3(6)12/h14H3,(H3,4,7,10)(H3,5,8,11)(H3,6,9,12). The monoisotopic (exact) mass is 252 g/mol. The molecule has 0 aromatic carbocycles. The molecule has 0 aliphatic rings. The van der Waals surface area contributed by atoms with Crippen molar-refractivity contribution in [3.05, 3.63) is 0 Å². The Morgan fingerprint density at radius 3 is 1.33 bits per heavy atom. The van der Waals surface area contributed by atoms with Gasteiger partial charge in [0.25, 0.3) is 0 Å². The molecule has 0 unspecified atom stereocenters. The maximum atomic E-state index is 10.6. The minimum Gasteiger partial charge on any atom is -0.418 e. The lowest BCUT2D eigenvalue weighted by molar-refractivity contribution is 0.246. The highest BCUT2D eigenvalue weighted by Gasteiger charge is 2.41. The molecule has 12 heteroatoms. The number of hydrogen-bond acceptors (Lipinski definition) is 4. The molecule has 10 nitrogen and oxygen atoms in total. The van der Waals surface area contributed by atoms with Crippen LogP contribution in [0, 0.1) is 0 Å². The number of urea groups is 3. The largest absolute Gasteiger partial charge is 0.537 e. The first-order valence-electron chi connectivity index (χ1n) is 3.59. The molecule has 0 atom stereocenters. The highest BCUT2D eigenvalue weighted by molar-refractivity contribution is 6.75. The number of carbonyl (C=O) groups is 3. The molecule has 0 saturated heterocycles. The Morgan fingerprint density at radius 1 is 0.933 bits per heavy atom. The molecule has 0 radical (unpaired) electrons. The van der Waals surface area contributed by atoms with E-state index in [0.717, 1.165) is 0 Å². The van der Waals surface area contributed by atoms with E-state index >= 15 is 0 Å². The molecule has 9 N–H and O–H groups in total. The Hall–Kier alpha value is -1.80. The zero-order chi connectivity index (χ0) is 12.1. The molecule has 0 aliphatic carbocycles. The van der Waals surface area contributed by atoms with E-state index in [4.69, 9.17) is 21.3 Å². The van der Waals surface area contributed by atoms with Crippen LogP contribution in [0.25, 0.3) is 0 Å². The predicted molar refractivity (Wildman–Crippen MR) is 54.9 cm³/mol. The molecular formula is C3H12N6O4Si2. The number of rotatable bonds is 4. The first kappa shape index (κ1) is 13.2. The van der Waals surface area contributed by atoms with Gasteiger partial charge in [-0.05, 0) is 0 Å². The maximum Gasteiger partial charge on any atom is 0.537 e. The highest BCUT2D eigenvalue weighted by Crippen LogP contribution is 1.88. The summed E-state index contributed by atoms with van der Waals surface area (Å²) in [5, 5.41) is 0. The summed E-state index contributed by atoms with van der Waals surface area (Å²) in [6.45, 7) is 0. The van der Waals surface area contributed by atoms with E-state index in [-0.39, 0.29) is 10.5 Å². The molecule has 0 saturated carbocycles. The Morgan fingerprint density at radius 2 is 1.20 bits per heavy atom. The van der Waals surface area contributed by atoms with Crippen molar-refractivity contribution in [3.63, 3.8) is 0 Å². The number of amides is 6. The SMILES string of the molecule is NC(=O)N[Si](NC(N)=O)(NC(N)=O)O[SiH3]. The van der Waals surface area contributed by atoms with Crippen LogP contribution in [0.5, 0.6) is 0 Å². The van der Waals surface area contributed by atoms with Gasteiger partial charge in [0.1, 0.15) is 10.5 Å². The third kappa shape index (κ3) is 4.84. The lowest BCUT2D eigenvalue weighted by Crippen LogP contribution is -2.79. The van der Waals surface area contributed by atoms with E-state index < -0.39 is 26.9 Å². The van der Waals surface area contributed by atoms with E-state index in [2.05, 4.69) is 14.9 Å². The third-order valence-corrected chi connectivity index (χ3v) is 5.45. The molecule has 15 heavy (non-hydrogen) atoms.